The predicted molar refractivity (Wildman–Crippen MR) is 106 cm³/mol. The molecule has 6 heteroatoms. The number of amides is 2. The number of carbonyl (C=O) groups is 2. The van der Waals surface area contributed by atoms with Crippen LogP contribution in [0.3, 0.4) is 0 Å². The van der Waals surface area contributed by atoms with Gasteiger partial charge in [-0.2, -0.15) is 5.10 Å². The molecule has 0 spiro atoms. The number of rotatable bonds is 5. The lowest BCUT2D eigenvalue weighted by atomic mass is 9.94. The number of piperidine rings is 1. The third kappa shape index (κ3) is 4.11. The molecule has 1 atom stereocenters. The predicted octanol–water partition coefficient (Wildman–Crippen LogP) is 2.94. The molecule has 3 heterocycles. The van der Waals surface area contributed by atoms with Crippen LogP contribution < -0.4 is 0 Å². The zero-order valence-electron chi connectivity index (χ0n) is 16.2. The highest BCUT2D eigenvalue weighted by Crippen LogP contribution is 2.33. The lowest BCUT2D eigenvalue weighted by molar-refractivity contribution is -0.141. The van der Waals surface area contributed by atoms with E-state index in [9.17, 15) is 9.59 Å². The van der Waals surface area contributed by atoms with Crippen molar-refractivity contribution >= 4 is 11.8 Å². The van der Waals surface area contributed by atoms with E-state index in [-0.39, 0.29) is 23.8 Å². The number of hydrogen-bond acceptors (Lipinski definition) is 3. The van der Waals surface area contributed by atoms with E-state index in [2.05, 4.69) is 22.3 Å². The summed E-state index contributed by atoms with van der Waals surface area (Å²) in [5.41, 5.74) is 2.22. The van der Waals surface area contributed by atoms with Crippen LogP contribution in [-0.2, 0) is 16.0 Å². The lowest BCUT2D eigenvalue weighted by Crippen LogP contribution is -2.44. The van der Waals surface area contributed by atoms with E-state index in [0.717, 1.165) is 44.3 Å². The number of carbonyl (C=O) groups excluding carboxylic acids is 2. The van der Waals surface area contributed by atoms with Crippen LogP contribution in [0.2, 0.25) is 0 Å². The van der Waals surface area contributed by atoms with Crippen LogP contribution in [0.4, 0.5) is 0 Å². The van der Waals surface area contributed by atoms with E-state index >= 15 is 0 Å². The second-order valence-electron chi connectivity index (χ2n) is 7.84. The summed E-state index contributed by atoms with van der Waals surface area (Å²) in [6.45, 7) is 2.19. The first-order valence-corrected chi connectivity index (χ1v) is 10.3. The topological polar surface area (TPSA) is 69.3 Å². The molecule has 0 aliphatic carbocycles. The van der Waals surface area contributed by atoms with Gasteiger partial charge in [0.1, 0.15) is 0 Å². The Morgan fingerprint density at radius 2 is 1.82 bits per heavy atom. The minimum absolute atomic E-state index is 0.0293. The Hall–Kier alpha value is -2.63. The van der Waals surface area contributed by atoms with Gasteiger partial charge in [-0.3, -0.25) is 14.7 Å². The highest BCUT2D eigenvalue weighted by molar-refractivity contribution is 5.81. The molecule has 0 saturated carbocycles. The number of benzene rings is 1. The molecule has 2 aromatic rings. The van der Waals surface area contributed by atoms with E-state index in [1.165, 1.54) is 5.56 Å². The van der Waals surface area contributed by atoms with Crippen molar-refractivity contribution in [2.24, 2.45) is 5.92 Å². The van der Waals surface area contributed by atoms with E-state index in [1.54, 1.807) is 6.20 Å². The number of hydrogen-bond donors (Lipinski definition) is 1. The summed E-state index contributed by atoms with van der Waals surface area (Å²) in [6, 6.07) is 12.2. The molecule has 2 aliphatic heterocycles. The molecule has 1 N–H and O–H groups in total. The van der Waals surface area contributed by atoms with Crippen LogP contribution in [0.1, 0.15) is 49.4 Å². The van der Waals surface area contributed by atoms with Gasteiger partial charge in [-0.05, 0) is 43.7 Å². The van der Waals surface area contributed by atoms with Gasteiger partial charge in [0.2, 0.25) is 11.8 Å². The molecule has 0 bridgehead atoms. The van der Waals surface area contributed by atoms with Crippen molar-refractivity contribution < 1.29 is 9.59 Å². The van der Waals surface area contributed by atoms with Gasteiger partial charge in [0.15, 0.2) is 0 Å². The highest BCUT2D eigenvalue weighted by atomic mass is 16.2. The summed E-state index contributed by atoms with van der Waals surface area (Å²) in [4.78, 5) is 29.6. The van der Waals surface area contributed by atoms with E-state index in [4.69, 9.17) is 0 Å². The van der Waals surface area contributed by atoms with Crippen molar-refractivity contribution in [2.45, 2.75) is 44.6 Å². The van der Waals surface area contributed by atoms with Crippen LogP contribution in [0.5, 0.6) is 0 Å². The third-order valence-electron chi connectivity index (χ3n) is 6.08. The van der Waals surface area contributed by atoms with Crippen LogP contribution >= 0.6 is 0 Å². The Labute approximate surface area is 165 Å². The average molecular weight is 380 g/mol. The average Bonchev–Trinajstić information content (AvgIpc) is 3.44. The molecular formula is C22H28N4O2. The van der Waals surface area contributed by atoms with Crippen molar-refractivity contribution in [3.8, 4) is 0 Å². The SMILES string of the molecule is O=C(CCc1ccccc1)N1CCC(C(=O)N2CCC[C@@H]2c2ccn[nH]2)CC1. The first-order valence-electron chi connectivity index (χ1n) is 10.3. The molecular weight excluding hydrogens is 352 g/mol. The van der Waals surface area contributed by atoms with E-state index in [0.29, 0.717) is 19.5 Å². The number of likely N-dealkylation sites (tertiary alicyclic amines) is 2. The molecule has 148 valence electrons. The summed E-state index contributed by atoms with van der Waals surface area (Å²) in [6.07, 6.45) is 6.62. The second-order valence-corrected chi connectivity index (χ2v) is 7.84. The Morgan fingerprint density at radius 1 is 1.04 bits per heavy atom. The van der Waals surface area contributed by atoms with Gasteiger partial charge >= 0.3 is 0 Å². The molecule has 28 heavy (non-hydrogen) atoms. The van der Waals surface area contributed by atoms with Gasteiger partial charge < -0.3 is 9.80 Å². The largest absolute Gasteiger partial charge is 0.343 e. The Balaban J connectivity index is 1.27. The first kappa shape index (κ1) is 18.7. The summed E-state index contributed by atoms with van der Waals surface area (Å²) in [5.74, 6) is 0.474. The molecule has 4 rings (SSSR count). The quantitative estimate of drug-likeness (QED) is 0.867. The lowest BCUT2D eigenvalue weighted by Gasteiger charge is -2.34. The van der Waals surface area contributed by atoms with Gasteiger partial charge in [-0.1, -0.05) is 30.3 Å². The number of H-pyrrole nitrogens is 1. The normalized spacial score (nSPS) is 20.5. The first-order chi connectivity index (χ1) is 13.7. The highest BCUT2D eigenvalue weighted by Gasteiger charge is 2.36. The van der Waals surface area contributed by atoms with Crippen molar-refractivity contribution in [3.63, 3.8) is 0 Å². The smallest absolute Gasteiger partial charge is 0.226 e. The second kappa shape index (κ2) is 8.59. The Kier molecular flexibility index (Phi) is 5.74. The van der Waals surface area contributed by atoms with Crippen LogP contribution in [-0.4, -0.2) is 51.4 Å². The monoisotopic (exact) mass is 380 g/mol. The molecule has 2 amide bonds. The van der Waals surface area contributed by atoms with Gasteiger partial charge in [0.25, 0.3) is 0 Å². The van der Waals surface area contributed by atoms with Crippen LogP contribution in [0.25, 0.3) is 0 Å². The van der Waals surface area contributed by atoms with Gasteiger partial charge in [-0.15, -0.1) is 0 Å². The molecule has 2 aliphatic rings. The van der Waals surface area contributed by atoms with Gasteiger partial charge in [0, 0.05) is 38.2 Å². The molecule has 1 aromatic heterocycles. The summed E-state index contributed by atoms with van der Waals surface area (Å²) < 4.78 is 0. The molecule has 0 radical (unpaired) electrons. The number of aryl methyl sites for hydroxylation is 1. The zero-order valence-corrected chi connectivity index (χ0v) is 16.2. The molecule has 2 fully saturated rings. The number of nitrogens with zero attached hydrogens (tertiary/aromatic N) is 3. The Morgan fingerprint density at radius 3 is 2.54 bits per heavy atom. The molecule has 6 nitrogen and oxygen atoms in total. The van der Waals surface area contributed by atoms with Crippen LogP contribution in [0.15, 0.2) is 42.6 Å². The third-order valence-corrected chi connectivity index (χ3v) is 6.08. The minimum atomic E-state index is 0.0293. The maximum absolute atomic E-state index is 13.1. The van der Waals surface area contributed by atoms with Crippen molar-refractivity contribution in [1.82, 2.24) is 20.0 Å². The van der Waals surface area contributed by atoms with Crippen LogP contribution in [0, 0.1) is 5.92 Å². The standard InChI is InChI=1S/C22H28N4O2/c27-21(9-8-17-5-2-1-3-6-17)25-15-11-18(12-16-25)22(28)26-14-4-7-20(26)19-10-13-23-24-19/h1-3,5-6,10,13,18,20H,4,7-9,11-12,14-16H2,(H,23,24)/t20-/m1/s1. The Bertz CT molecular complexity index is 782. The van der Waals surface area contributed by atoms with Gasteiger partial charge in [-0.25, -0.2) is 0 Å². The summed E-state index contributed by atoms with van der Waals surface area (Å²) in [5, 5.41) is 7.05. The van der Waals surface area contributed by atoms with Crippen molar-refractivity contribution in [2.75, 3.05) is 19.6 Å². The molecule has 0 unspecified atom stereocenters. The summed E-state index contributed by atoms with van der Waals surface area (Å²) in [7, 11) is 0. The number of nitrogens with one attached hydrogen (secondary N) is 1. The fraction of sp³-hybridized carbons (Fsp3) is 0.500. The van der Waals surface area contributed by atoms with Crippen molar-refractivity contribution in [3.05, 3.63) is 53.9 Å². The maximum atomic E-state index is 13.1. The molecule has 2 saturated heterocycles. The number of aromatic nitrogens is 2. The van der Waals surface area contributed by atoms with Crippen molar-refractivity contribution in [1.29, 1.82) is 0 Å². The van der Waals surface area contributed by atoms with E-state index in [1.807, 2.05) is 34.1 Å². The fourth-order valence-electron chi connectivity index (χ4n) is 4.47. The zero-order chi connectivity index (χ0) is 19.3. The maximum Gasteiger partial charge on any atom is 0.226 e. The molecule has 1 aromatic carbocycles. The van der Waals surface area contributed by atoms with Gasteiger partial charge in [0.05, 0.1) is 11.7 Å². The minimum Gasteiger partial charge on any atom is -0.343 e. The fourth-order valence-corrected chi connectivity index (χ4v) is 4.47. The summed E-state index contributed by atoms with van der Waals surface area (Å²) >= 11 is 0. The van der Waals surface area contributed by atoms with E-state index < -0.39 is 0 Å². The number of aromatic amines is 1.